The largest absolute Gasteiger partial charge is 0.481 e. The van der Waals surface area contributed by atoms with Gasteiger partial charge >= 0.3 is 12.3 Å². The van der Waals surface area contributed by atoms with Crippen LogP contribution in [0.25, 0.3) is 0 Å². The topological polar surface area (TPSA) is 102 Å². The van der Waals surface area contributed by atoms with Gasteiger partial charge in [0, 0.05) is 18.3 Å². The molecule has 1 heterocycles. The van der Waals surface area contributed by atoms with Gasteiger partial charge in [-0.3, -0.25) is 4.79 Å². The van der Waals surface area contributed by atoms with Gasteiger partial charge in [-0.05, 0) is 104 Å². The Morgan fingerprint density at radius 3 is 2.29 bits per heavy atom. The molecule has 3 N–H and O–H groups in total. The molecule has 2 aromatic carbocycles. The number of methoxy groups -OCH3 is 1. The standard InChI is InChI=1S/C29H31BrF4N4O4/c1-28(2,3)42-27(40)35-14-6-5-7-17-15-19(31)9-11-21(17)36-22-10-8-18(29(32,33)34)16-20(22)26(39)37-23-12-13-24(41-4)38-25(23)30/h8-13,15-16,36H,5-7,14H2,1-4H3,(H,35,40)(H,37,39). The molecular formula is C29H31BrF4N4O4. The molecule has 226 valence electrons. The van der Waals surface area contributed by atoms with Crippen molar-refractivity contribution in [3.63, 3.8) is 0 Å². The number of hydrogen-bond acceptors (Lipinski definition) is 6. The number of nitrogens with one attached hydrogen (secondary N) is 3. The predicted molar refractivity (Wildman–Crippen MR) is 155 cm³/mol. The quantitative estimate of drug-likeness (QED) is 0.117. The van der Waals surface area contributed by atoms with Crippen LogP contribution in [0, 0.1) is 5.82 Å². The summed E-state index contributed by atoms with van der Waals surface area (Å²) in [6.45, 7) is 5.61. The van der Waals surface area contributed by atoms with E-state index >= 15 is 0 Å². The normalized spacial score (nSPS) is 11.5. The zero-order chi connectivity index (χ0) is 31.1. The van der Waals surface area contributed by atoms with E-state index in [9.17, 15) is 27.2 Å². The zero-order valence-electron chi connectivity index (χ0n) is 23.4. The average Bonchev–Trinajstić information content (AvgIpc) is 2.89. The zero-order valence-corrected chi connectivity index (χ0v) is 25.0. The number of carbonyl (C=O) groups is 2. The fourth-order valence-electron chi connectivity index (χ4n) is 3.81. The SMILES string of the molecule is COc1ccc(NC(=O)c2cc(C(F)(F)F)ccc2Nc2ccc(F)cc2CCCCNC(=O)OC(C)(C)C)c(Br)n1. The van der Waals surface area contributed by atoms with E-state index < -0.39 is 35.2 Å². The van der Waals surface area contributed by atoms with Gasteiger partial charge < -0.3 is 25.4 Å². The highest BCUT2D eigenvalue weighted by atomic mass is 79.9. The number of aryl methyl sites for hydroxylation is 1. The fourth-order valence-corrected chi connectivity index (χ4v) is 4.22. The molecule has 0 saturated heterocycles. The van der Waals surface area contributed by atoms with E-state index in [-0.39, 0.29) is 27.4 Å². The first-order chi connectivity index (χ1) is 19.7. The van der Waals surface area contributed by atoms with Crippen LogP contribution >= 0.6 is 15.9 Å². The molecule has 0 aliphatic heterocycles. The maximum atomic E-state index is 14.1. The molecule has 0 bridgehead atoms. The summed E-state index contributed by atoms with van der Waals surface area (Å²) in [5.74, 6) is -1.05. The van der Waals surface area contributed by atoms with Crippen LogP contribution in [-0.4, -0.2) is 36.2 Å². The van der Waals surface area contributed by atoms with Gasteiger partial charge in [0.2, 0.25) is 5.88 Å². The Bertz CT molecular complexity index is 1430. The van der Waals surface area contributed by atoms with E-state index in [2.05, 4.69) is 36.9 Å². The van der Waals surface area contributed by atoms with E-state index in [0.29, 0.717) is 37.1 Å². The van der Waals surface area contributed by atoms with Gasteiger partial charge in [-0.1, -0.05) is 0 Å². The number of halogens is 5. The van der Waals surface area contributed by atoms with Crippen molar-refractivity contribution in [1.29, 1.82) is 0 Å². The van der Waals surface area contributed by atoms with Crippen LogP contribution in [0.3, 0.4) is 0 Å². The number of unbranched alkanes of at least 4 members (excludes halogenated alkanes) is 1. The van der Waals surface area contributed by atoms with Crippen LogP contribution in [0.5, 0.6) is 5.88 Å². The summed E-state index contributed by atoms with van der Waals surface area (Å²) in [5, 5.41) is 8.22. The molecule has 8 nitrogen and oxygen atoms in total. The monoisotopic (exact) mass is 654 g/mol. The second kappa shape index (κ2) is 13.9. The lowest BCUT2D eigenvalue weighted by Gasteiger charge is -2.19. The number of amides is 2. The predicted octanol–water partition coefficient (Wildman–Crippen LogP) is 7.85. The van der Waals surface area contributed by atoms with Gasteiger partial charge in [0.25, 0.3) is 5.91 Å². The van der Waals surface area contributed by atoms with Crippen LogP contribution < -0.4 is 20.7 Å². The van der Waals surface area contributed by atoms with Crippen molar-refractivity contribution >= 4 is 45.0 Å². The minimum absolute atomic E-state index is 0.0811. The highest BCUT2D eigenvalue weighted by Gasteiger charge is 2.32. The molecule has 3 rings (SSSR count). The van der Waals surface area contributed by atoms with Gasteiger partial charge in [-0.25, -0.2) is 14.2 Å². The summed E-state index contributed by atoms with van der Waals surface area (Å²) < 4.78 is 65.2. The third-order valence-corrected chi connectivity index (χ3v) is 6.35. The summed E-state index contributed by atoms with van der Waals surface area (Å²) >= 11 is 3.21. The average molecular weight is 655 g/mol. The molecule has 0 spiro atoms. The Morgan fingerprint density at radius 1 is 0.952 bits per heavy atom. The van der Waals surface area contributed by atoms with Gasteiger partial charge in [0.1, 0.15) is 16.0 Å². The fraction of sp³-hybridized carbons (Fsp3) is 0.345. The second-order valence-corrected chi connectivity index (χ2v) is 11.0. The number of hydrogen-bond donors (Lipinski definition) is 3. The Kier molecular flexibility index (Phi) is 10.8. The smallest absolute Gasteiger partial charge is 0.416 e. The van der Waals surface area contributed by atoms with Crippen molar-refractivity contribution in [2.45, 2.75) is 51.8 Å². The summed E-state index contributed by atoms with van der Waals surface area (Å²) in [6.07, 6.45) is -3.71. The number of nitrogens with zero attached hydrogens (tertiary/aromatic N) is 1. The molecule has 0 radical (unpaired) electrons. The lowest BCUT2D eigenvalue weighted by atomic mass is 10.0. The number of carbonyl (C=O) groups excluding carboxylic acids is 2. The third-order valence-electron chi connectivity index (χ3n) is 5.75. The van der Waals surface area contributed by atoms with Crippen molar-refractivity contribution in [3.8, 4) is 5.88 Å². The molecule has 0 atom stereocenters. The molecule has 0 unspecified atom stereocenters. The lowest BCUT2D eigenvalue weighted by Crippen LogP contribution is -2.33. The molecule has 2 amide bonds. The van der Waals surface area contributed by atoms with Crippen LogP contribution in [0.4, 0.5) is 39.4 Å². The maximum Gasteiger partial charge on any atom is 0.416 e. The van der Waals surface area contributed by atoms with Crippen LogP contribution in [-0.2, 0) is 17.3 Å². The Balaban J connectivity index is 1.80. The minimum atomic E-state index is -4.69. The van der Waals surface area contributed by atoms with E-state index in [4.69, 9.17) is 9.47 Å². The minimum Gasteiger partial charge on any atom is -0.481 e. The Hall–Kier alpha value is -3.87. The summed E-state index contributed by atoms with van der Waals surface area (Å²) in [6, 6.07) is 9.70. The number of pyridine rings is 1. The van der Waals surface area contributed by atoms with Crippen molar-refractivity contribution < 1.29 is 36.6 Å². The van der Waals surface area contributed by atoms with Crippen molar-refractivity contribution in [2.24, 2.45) is 0 Å². The van der Waals surface area contributed by atoms with Gasteiger partial charge in [-0.15, -0.1) is 0 Å². The van der Waals surface area contributed by atoms with Crippen LogP contribution in [0.2, 0.25) is 0 Å². The molecule has 0 fully saturated rings. The molecule has 42 heavy (non-hydrogen) atoms. The Labute approximate surface area is 249 Å². The third kappa shape index (κ3) is 9.61. The highest BCUT2D eigenvalue weighted by Crippen LogP contribution is 2.34. The number of aromatic nitrogens is 1. The van der Waals surface area contributed by atoms with Crippen LogP contribution in [0.15, 0.2) is 53.1 Å². The highest BCUT2D eigenvalue weighted by molar-refractivity contribution is 9.10. The number of ether oxygens (including phenoxy) is 2. The van der Waals surface area contributed by atoms with E-state index in [1.165, 1.54) is 37.4 Å². The van der Waals surface area contributed by atoms with Crippen molar-refractivity contribution in [3.05, 3.63) is 75.6 Å². The number of alkyl carbamates (subject to hydrolysis) is 1. The van der Waals surface area contributed by atoms with Crippen LogP contribution in [0.1, 0.15) is 55.1 Å². The number of rotatable bonds is 10. The molecule has 13 heteroatoms. The van der Waals surface area contributed by atoms with E-state index in [0.717, 1.165) is 18.2 Å². The summed E-state index contributed by atoms with van der Waals surface area (Å²) in [7, 11) is 1.41. The van der Waals surface area contributed by atoms with Crippen molar-refractivity contribution in [1.82, 2.24) is 10.3 Å². The number of benzene rings is 2. The summed E-state index contributed by atoms with van der Waals surface area (Å²) in [5.41, 5.74) is -0.670. The number of anilines is 3. The van der Waals surface area contributed by atoms with E-state index in [1.807, 2.05) is 0 Å². The lowest BCUT2D eigenvalue weighted by molar-refractivity contribution is -0.137. The molecule has 3 aromatic rings. The van der Waals surface area contributed by atoms with Gasteiger partial charge in [0.05, 0.1) is 29.6 Å². The maximum absolute atomic E-state index is 14.1. The van der Waals surface area contributed by atoms with Gasteiger partial charge in [-0.2, -0.15) is 13.2 Å². The van der Waals surface area contributed by atoms with Crippen molar-refractivity contribution in [2.75, 3.05) is 24.3 Å². The first kappa shape index (κ1) is 32.6. The molecule has 0 aliphatic rings. The van der Waals surface area contributed by atoms with E-state index in [1.54, 1.807) is 20.8 Å². The summed E-state index contributed by atoms with van der Waals surface area (Å²) in [4.78, 5) is 29.1. The first-order valence-electron chi connectivity index (χ1n) is 12.9. The first-order valence-corrected chi connectivity index (χ1v) is 13.7. The number of alkyl halides is 3. The molecule has 0 saturated carbocycles. The molecule has 1 aromatic heterocycles. The molecule has 0 aliphatic carbocycles. The Morgan fingerprint density at radius 2 is 1.64 bits per heavy atom. The van der Waals surface area contributed by atoms with Gasteiger partial charge in [0.15, 0.2) is 0 Å². The second-order valence-electron chi connectivity index (χ2n) is 10.2. The molecular weight excluding hydrogens is 624 g/mol.